The largest absolute Gasteiger partial charge is 0.338 e. The van der Waals surface area contributed by atoms with Crippen LogP contribution < -0.4 is 4.72 Å². The minimum absolute atomic E-state index is 0.0936. The Morgan fingerprint density at radius 3 is 2.39 bits per heavy atom. The standard InChI is InChI=1S/C19H25N3O5S/c1-28(26,27)20-11-15-3-2-10-21(12-15)19(25)16-6-4-14(5-7-16)13-22-17(23)8-9-18(22)24/h4-7,15,20H,2-3,8-13H2,1H3/t15-/m1/s1. The van der Waals surface area contributed by atoms with E-state index in [1.807, 2.05) is 0 Å². The molecule has 0 bridgehead atoms. The zero-order valence-electron chi connectivity index (χ0n) is 15.9. The summed E-state index contributed by atoms with van der Waals surface area (Å²) in [5.41, 5.74) is 1.34. The molecule has 0 radical (unpaired) electrons. The van der Waals surface area contributed by atoms with Crippen molar-refractivity contribution in [1.29, 1.82) is 0 Å². The summed E-state index contributed by atoms with van der Waals surface area (Å²) in [5.74, 6) is -0.317. The molecule has 1 aromatic rings. The number of sulfonamides is 1. The summed E-state index contributed by atoms with van der Waals surface area (Å²) < 4.78 is 25.1. The molecule has 2 aliphatic rings. The van der Waals surface area contributed by atoms with Crippen molar-refractivity contribution >= 4 is 27.7 Å². The molecule has 2 fully saturated rings. The van der Waals surface area contributed by atoms with Crippen LogP contribution in [0.4, 0.5) is 0 Å². The molecule has 0 aliphatic carbocycles. The van der Waals surface area contributed by atoms with E-state index in [-0.39, 0.29) is 43.0 Å². The van der Waals surface area contributed by atoms with Crippen molar-refractivity contribution in [1.82, 2.24) is 14.5 Å². The molecule has 0 aromatic heterocycles. The number of nitrogens with zero attached hydrogens (tertiary/aromatic N) is 2. The molecular formula is C19H25N3O5S. The molecule has 1 atom stereocenters. The Morgan fingerprint density at radius 2 is 1.79 bits per heavy atom. The van der Waals surface area contributed by atoms with Gasteiger partial charge in [-0.2, -0.15) is 0 Å². The molecule has 1 N–H and O–H groups in total. The maximum atomic E-state index is 12.8. The van der Waals surface area contributed by atoms with Crippen LogP contribution in [0.2, 0.25) is 0 Å². The lowest BCUT2D eigenvalue weighted by molar-refractivity contribution is -0.139. The molecule has 2 saturated heterocycles. The van der Waals surface area contributed by atoms with Crippen LogP contribution in [0.1, 0.15) is 41.6 Å². The van der Waals surface area contributed by atoms with Crippen molar-refractivity contribution in [2.24, 2.45) is 5.92 Å². The van der Waals surface area contributed by atoms with Gasteiger partial charge in [-0.3, -0.25) is 19.3 Å². The van der Waals surface area contributed by atoms with E-state index >= 15 is 0 Å². The lowest BCUT2D eigenvalue weighted by Gasteiger charge is -2.33. The quantitative estimate of drug-likeness (QED) is 0.701. The van der Waals surface area contributed by atoms with Gasteiger partial charge in [-0.15, -0.1) is 0 Å². The normalized spacial score (nSPS) is 20.7. The highest BCUT2D eigenvalue weighted by atomic mass is 32.2. The molecule has 8 nitrogen and oxygen atoms in total. The number of hydrogen-bond donors (Lipinski definition) is 1. The molecule has 2 heterocycles. The van der Waals surface area contributed by atoms with Crippen LogP contribution in [0.15, 0.2) is 24.3 Å². The second kappa shape index (κ2) is 8.40. The summed E-state index contributed by atoms with van der Waals surface area (Å²) in [5, 5.41) is 0. The van der Waals surface area contributed by atoms with Gasteiger partial charge in [0.1, 0.15) is 0 Å². The van der Waals surface area contributed by atoms with Crippen LogP contribution in [-0.4, -0.2) is 61.8 Å². The molecule has 28 heavy (non-hydrogen) atoms. The van der Waals surface area contributed by atoms with E-state index in [1.165, 1.54) is 4.90 Å². The number of likely N-dealkylation sites (tertiary alicyclic amines) is 2. The molecule has 152 valence electrons. The van der Waals surface area contributed by atoms with Gasteiger partial charge in [-0.25, -0.2) is 13.1 Å². The van der Waals surface area contributed by atoms with Gasteiger partial charge in [0.2, 0.25) is 21.8 Å². The average Bonchev–Trinajstić information content (AvgIpc) is 2.98. The summed E-state index contributed by atoms with van der Waals surface area (Å²) in [7, 11) is -3.24. The summed E-state index contributed by atoms with van der Waals surface area (Å²) in [6.45, 7) is 1.72. The number of amides is 3. The predicted octanol–water partition coefficient (Wildman–Crippen LogP) is 0.737. The molecule has 3 amide bonds. The third-order valence-corrected chi connectivity index (χ3v) is 5.83. The van der Waals surface area contributed by atoms with Crippen molar-refractivity contribution in [2.45, 2.75) is 32.2 Å². The first-order valence-corrected chi connectivity index (χ1v) is 11.3. The number of benzene rings is 1. The number of imide groups is 1. The van der Waals surface area contributed by atoms with Crippen LogP contribution in [-0.2, 0) is 26.2 Å². The van der Waals surface area contributed by atoms with Crippen molar-refractivity contribution in [3.8, 4) is 0 Å². The van der Waals surface area contributed by atoms with Crippen molar-refractivity contribution in [2.75, 3.05) is 25.9 Å². The summed E-state index contributed by atoms with van der Waals surface area (Å²) in [4.78, 5) is 39.2. The first kappa shape index (κ1) is 20.5. The molecule has 9 heteroatoms. The first-order chi connectivity index (χ1) is 13.2. The molecule has 0 saturated carbocycles. The molecule has 2 aliphatic heterocycles. The number of carbonyl (C=O) groups excluding carboxylic acids is 3. The molecule has 3 rings (SSSR count). The van der Waals surface area contributed by atoms with E-state index in [2.05, 4.69) is 4.72 Å². The van der Waals surface area contributed by atoms with Crippen LogP contribution in [0.5, 0.6) is 0 Å². The maximum Gasteiger partial charge on any atom is 0.253 e. The van der Waals surface area contributed by atoms with Crippen molar-refractivity contribution < 1.29 is 22.8 Å². The second-order valence-electron chi connectivity index (χ2n) is 7.45. The van der Waals surface area contributed by atoms with Gasteiger partial charge in [0.25, 0.3) is 5.91 Å². The molecular weight excluding hydrogens is 382 g/mol. The Morgan fingerprint density at radius 1 is 1.14 bits per heavy atom. The number of carbonyl (C=O) groups is 3. The molecule has 1 aromatic carbocycles. The predicted molar refractivity (Wildman–Crippen MR) is 103 cm³/mol. The zero-order chi connectivity index (χ0) is 20.3. The van der Waals surface area contributed by atoms with E-state index in [4.69, 9.17) is 0 Å². The number of rotatable bonds is 6. The Balaban J connectivity index is 1.59. The first-order valence-electron chi connectivity index (χ1n) is 9.39. The lowest BCUT2D eigenvalue weighted by atomic mass is 9.97. The third kappa shape index (κ3) is 5.17. The van der Waals surface area contributed by atoms with Gasteiger partial charge < -0.3 is 4.90 Å². The lowest BCUT2D eigenvalue weighted by Crippen LogP contribution is -2.43. The zero-order valence-corrected chi connectivity index (χ0v) is 16.7. The number of hydrogen-bond acceptors (Lipinski definition) is 5. The van der Waals surface area contributed by atoms with Crippen LogP contribution in [0.3, 0.4) is 0 Å². The summed E-state index contributed by atoms with van der Waals surface area (Å²) >= 11 is 0. The van der Waals surface area contributed by atoms with E-state index in [9.17, 15) is 22.8 Å². The Bertz CT molecular complexity index is 850. The Hall–Kier alpha value is -2.26. The maximum absolute atomic E-state index is 12.8. The topological polar surface area (TPSA) is 104 Å². The van der Waals surface area contributed by atoms with Gasteiger partial charge in [0, 0.05) is 38.0 Å². The van der Waals surface area contributed by atoms with E-state index in [0.717, 1.165) is 24.7 Å². The number of nitrogens with one attached hydrogen (secondary N) is 1. The van der Waals surface area contributed by atoms with E-state index in [1.54, 1.807) is 29.2 Å². The highest BCUT2D eigenvalue weighted by Gasteiger charge is 2.29. The third-order valence-electron chi connectivity index (χ3n) is 5.14. The van der Waals surface area contributed by atoms with Gasteiger partial charge in [0.05, 0.1) is 12.8 Å². The fraction of sp³-hybridized carbons (Fsp3) is 0.526. The monoisotopic (exact) mass is 407 g/mol. The second-order valence-corrected chi connectivity index (χ2v) is 9.28. The van der Waals surface area contributed by atoms with Crippen molar-refractivity contribution in [3.05, 3.63) is 35.4 Å². The highest BCUT2D eigenvalue weighted by molar-refractivity contribution is 7.88. The molecule has 0 unspecified atom stereocenters. The minimum atomic E-state index is -3.24. The SMILES string of the molecule is CS(=O)(=O)NC[C@H]1CCCN(C(=O)c2ccc(CN3C(=O)CCC3=O)cc2)C1. The Kier molecular flexibility index (Phi) is 6.14. The van der Waals surface area contributed by atoms with E-state index < -0.39 is 10.0 Å². The van der Waals surface area contributed by atoms with Gasteiger partial charge in [-0.05, 0) is 36.5 Å². The average molecular weight is 407 g/mol. The molecule has 0 spiro atoms. The van der Waals surface area contributed by atoms with Gasteiger partial charge in [-0.1, -0.05) is 12.1 Å². The van der Waals surface area contributed by atoms with Crippen LogP contribution >= 0.6 is 0 Å². The summed E-state index contributed by atoms with van der Waals surface area (Å²) in [6.07, 6.45) is 3.37. The summed E-state index contributed by atoms with van der Waals surface area (Å²) in [6, 6.07) is 6.94. The van der Waals surface area contributed by atoms with Crippen LogP contribution in [0.25, 0.3) is 0 Å². The van der Waals surface area contributed by atoms with Crippen molar-refractivity contribution in [3.63, 3.8) is 0 Å². The number of piperidine rings is 1. The Labute approximate surface area is 164 Å². The van der Waals surface area contributed by atoms with Gasteiger partial charge in [0.15, 0.2) is 0 Å². The highest BCUT2D eigenvalue weighted by Crippen LogP contribution is 2.20. The minimum Gasteiger partial charge on any atom is -0.338 e. The van der Waals surface area contributed by atoms with E-state index in [0.29, 0.717) is 25.2 Å². The fourth-order valence-electron chi connectivity index (χ4n) is 3.60. The van der Waals surface area contributed by atoms with Crippen LogP contribution in [0, 0.1) is 5.92 Å². The fourth-order valence-corrected chi connectivity index (χ4v) is 4.14. The van der Waals surface area contributed by atoms with Gasteiger partial charge >= 0.3 is 0 Å². The smallest absolute Gasteiger partial charge is 0.253 e.